The summed E-state index contributed by atoms with van der Waals surface area (Å²) in [5.41, 5.74) is 2.59. The van der Waals surface area contributed by atoms with Crippen LogP contribution in [0, 0.1) is 6.92 Å². The van der Waals surface area contributed by atoms with Gasteiger partial charge in [-0.05, 0) is 55.7 Å². The Hall–Kier alpha value is -2.16. The molecule has 1 heterocycles. The van der Waals surface area contributed by atoms with Crippen LogP contribution in [0.25, 0.3) is 10.2 Å². The number of aromatic nitrogens is 1. The van der Waals surface area contributed by atoms with Gasteiger partial charge in [0.05, 0.1) is 22.2 Å². The molecule has 0 saturated carbocycles. The van der Waals surface area contributed by atoms with E-state index in [1.54, 1.807) is 29.9 Å². The van der Waals surface area contributed by atoms with Crippen molar-refractivity contribution in [2.45, 2.75) is 44.7 Å². The average molecular weight is 421 g/mol. The van der Waals surface area contributed by atoms with Gasteiger partial charge in [0.25, 0.3) is 0 Å². The quantitative estimate of drug-likeness (QED) is 0.630. The summed E-state index contributed by atoms with van der Waals surface area (Å²) in [6.45, 7) is 6.31. The molecule has 28 heavy (non-hydrogen) atoms. The zero-order chi connectivity index (χ0) is 20.5. The molecule has 0 aliphatic heterocycles. The maximum absolute atomic E-state index is 13.0. The summed E-state index contributed by atoms with van der Waals surface area (Å²) < 4.78 is 36.3. The predicted octanol–water partition coefficient (Wildman–Crippen LogP) is 3.83. The zero-order valence-electron chi connectivity index (χ0n) is 16.4. The van der Waals surface area contributed by atoms with Crippen LogP contribution in [0.15, 0.2) is 46.1 Å². The first-order valence-corrected chi connectivity index (χ1v) is 11.4. The van der Waals surface area contributed by atoms with Gasteiger partial charge in [-0.2, -0.15) is 0 Å². The standard InChI is InChI=1S/C20H24N2O4S2/c1-5-16(14-7-10-18(26-4)13(3)11-14)21-28(24,25)15-8-9-17-19(12-15)27-20(23)22(17)6-2/h7-12,16,21H,5-6H2,1-4H3. The normalized spacial score (nSPS) is 13.0. The molecule has 3 aromatic rings. The van der Waals surface area contributed by atoms with Crippen LogP contribution in [0.5, 0.6) is 5.75 Å². The third-order valence-electron chi connectivity index (χ3n) is 4.79. The minimum absolute atomic E-state index is 0.0832. The van der Waals surface area contributed by atoms with Gasteiger partial charge in [-0.15, -0.1) is 0 Å². The average Bonchev–Trinajstić information content (AvgIpc) is 3.00. The van der Waals surface area contributed by atoms with E-state index in [1.807, 2.05) is 39.0 Å². The van der Waals surface area contributed by atoms with E-state index in [0.717, 1.165) is 33.7 Å². The molecule has 3 rings (SSSR count). The summed E-state index contributed by atoms with van der Waals surface area (Å²) in [4.78, 5) is 12.1. The van der Waals surface area contributed by atoms with Crippen LogP contribution in [0.3, 0.4) is 0 Å². The number of nitrogens with zero attached hydrogens (tertiary/aromatic N) is 1. The van der Waals surface area contributed by atoms with E-state index in [2.05, 4.69) is 4.72 Å². The molecule has 1 N–H and O–H groups in total. The number of ether oxygens (including phenoxy) is 1. The van der Waals surface area contributed by atoms with Crippen molar-refractivity contribution >= 4 is 31.6 Å². The summed E-state index contributed by atoms with van der Waals surface area (Å²) >= 11 is 1.06. The fourth-order valence-electron chi connectivity index (χ4n) is 3.27. The number of rotatable bonds is 7. The van der Waals surface area contributed by atoms with Gasteiger partial charge in [0.2, 0.25) is 10.0 Å². The maximum atomic E-state index is 13.0. The molecule has 0 radical (unpaired) electrons. The number of benzene rings is 2. The van der Waals surface area contributed by atoms with Crippen molar-refractivity contribution in [2.75, 3.05) is 7.11 Å². The summed E-state index contributed by atoms with van der Waals surface area (Å²) in [6, 6.07) is 10.1. The number of methoxy groups -OCH3 is 1. The Kier molecular flexibility index (Phi) is 5.92. The minimum Gasteiger partial charge on any atom is -0.496 e. The van der Waals surface area contributed by atoms with Gasteiger partial charge in [0.1, 0.15) is 5.75 Å². The molecule has 150 valence electrons. The Morgan fingerprint density at radius 1 is 1.18 bits per heavy atom. The lowest BCUT2D eigenvalue weighted by atomic mass is 10.0. The molecule has 1 unspecified atom stereocenters. The molecule has 1 atom stereocenters. The second-order valence-electron chi connectivity index (χ2n) is 6.55. The first-order chi connectivity index (χ1) is 13.3. The summed E-state index contributed by atoms with van der Waals surface area (Å²) in [7, 11) is -2.13. The summed E-state index contributed by atoms with van der Waals surface area (Å²) in [6.07, 6.45) is 0.604. The van der Waals surface area contributed by atoms with E-state index in [-0.39, 0.29) is 15.8 Å². The van der Waals surface area contributed by atoms with Crippen molar-refractivity contribution in [3.05, 3.63) is 57.2 Å². The summed E-state index contributed by atoms with van der Waals surface area (Å²) in [5.74, 6) is 0.766. The highest BCUT2D eigenvalue weighted by molar-refractivity contribution is 7.89. The van der Waals surface area contributed by atoms with E-state index in [4.69, 9.17) is 4.74 Å². The molecule has 1 aromatic heterocycles. The molecular formula is C20H24N2O4S2. The van der Waals surface area contributed by atoms with Gasteiger partial charge in [0.15, 0.2) is 0 Å². The Morgan fingerprint density at radius 2 is 1.93 bits per heavy atom. The zero-order valence-corrected chi connectivity index (χ0v) is 18.0. The van der Waals surface area contributed by atoms with Gasteiger partial charge in [-0.3, -0.25) is 9.36 Å². The van der Waals surface area contributed by atoms with E-state index < -0.39 is 10.0 Å². The van der Waals surface area contributed by atoms with Crippen LogP contribution in [-0.2, 0) is 16.6 Å². The second kappa shape index (κ2) is 8.06. The molecule has 0 fully saturated rings. The van der Waals surface area contributed by atoms with Crippen molar-refractivity contribution in [1.82, 2.24) is 9.29 Å². The summed E-state index contributed by atoms with van der Waals surface area (Å²) in [5, 5.41) is 0. The molecule has 2 aromatic carbocycles. The Morgan fingerprint density at radius 3 is 2.54 bits per heavy atom. The fourth-order valence-corrected chi connectivity index (χ4v) is 5.68. The Balaban J connectivity index is 1.94. The van der Waals surface area contributed by atoms with Crippen LogP contribution in [0.1, 0.15) is 37.4 Å². The molecule has 0 spiro atoms. The van der Waals surface area contributed by atoms with Crippen LogP contribution < -0.4 is 14.3 Å². The topological polar surface area (TPSA) is 77.4 Å². The number of sulfonamides is 1. The third-order valence-corrected chi connectivity index (χ3v) is 7.20. The van der Waals surface area contributed by atoms with Crippen LogP contribution in [-0.4, -0.2) is 20.1 Å². The molecule has 0 amide bonds. The van der Waals surface area contributed by atoms with Gasteiger partial charge >= 0.3 is 4.87 Å². The van der Waals surface area contributed by atoms with Gasteiger partial charge in [-0.1, -0.05) is 30.4 Å². The number of nitrogens with one attached hydrogen (secondary N) is 1. The van der Waals surface area contributed by atoms with Crippen molar-refractivity contribution in [3.63, 3.8) is 0 Å². The lowest BCUT2D eigenvalue weighted by molar-refractivity contribution is 0.411. The van der Waals surface area contributed by atoms with Crippen LogP contribution in [0.2, 0.25) is 0 Å². The molecule has 0 aliphatic rings. The van der Waals surface area contributed by atoms with E-state index in [0.29, 0.717) is 17.7 Å². The SMILES string of the molecule is CCC(NS(=O)(=O)c1ccc2c(c1)sc(=O)n2CC)c1ccc(OC)c(C)c1. The predicted molar refractivity (Wildman–Crippen MR) is 113 cm³/mol. The van der Waals surface area contributed by atoms with Crippen molar-refractivity contribution in [2.24, 2.45) is 0 Å². The molecule has 6 nitrogen and oxygen atoms in total. The molecule has 0 saturated heterocycles. The monoisotopic (exact) mass is 420 g/mol. The van der Waals surface area contributed by atoms with Gasteiger partial charge in [0, 0.05) is 12.6 Å². The molecule has 8 heteroatoms. The highest BCUT2D eigenvalue weighted by atomic mass is 32.2. The molecule has 0 aliphatic carbocycles. The van der Waals surface area contributed by atoms with Crippen molar-refractivity contribution in [3.8, 4) is 5.75 Å². The highest BCUT2D eigenvalue weighted by Crippen LogP contribution is 2.27. The lowest BCUT2D eigenvalue weighted by Crippen LogP contribution is -2.28. The van der Waals surface area contributed by atoms with Crippen molar-refractivity contribution in [1.29, 1.82) is 0 Å². The minimum atomic E-state index is -3.74. The smallest absolute Gasteiger partial charge is 0.308 e. The number of aryl methyl sites for hydroxylation is 2. The van der Waals surface area contributed by atoms with E-state index in [1.165, 1.54) is 0 Å². The van der Waals surface area contributed by atoms with Crippen molar-refractivity contribution < 1.29 is 13.2 Å². The maximum Gasteiger partial charge on any atom is 0.308 e. The first-order valence-electron chi connectivity index (χ1n) is 9.11. The second-order valence-corrected chi connectivity index (χ2v) is 9.26. The van der Waals surface area contributed by atoms with Crippen LogP contribution >= 0.6 is 11.3 Å². The van der Waals surface area contributed by atoms with Gasteiger partial charge < -0.3 is 4.74 Å². The first kappa shape index (κ1) is 20.6. The van der Waals surface area contributed by atoms with E-state index in [9.17, 15) is 13.2 Å². The highest BCUT2D eigenvalue weighted by Gasteiger charge is 2.22. The Bertz CT molecular complexity index is 1160. The number of hydrogen-bond acceptors (Lipinski definition) is 5. The lowest BCUT2D eigenvalue weighted by Gasteiger charge is -2.19. The van der Waals surface area contributed by atoms with Gasteiger partial charge in [-0.25, -0.2) is 13.1 Å². The fraction of sp³-hybridized carbons (Fsp3) is 0.350. The molecule has 0 bridgehead atoms. The number of thiazole rings is 1. The number of hydrogen-bond donors (Lipinski definition) is 1. The molecular weight excluding hydrogens is 396 g/mol. The number of fused-ring (bicyclic) bond motifs is 1. The Labute approximate surface area is 168 Å². The largest absolute Gasteiger partial charge is 0.496 e. The third kappa shape index (κ3) is 3.85. The van der Waals surface area contributed by atoms with Crippen LogP contribution in [0.4, 0.5) is 0 Å². The van der Waals surface area contributed by atoms with E-state index >= 15 is 0 Å².